The van der Waals surface area contributed by atoms with Gasteiger partial charge in [-0.15, -0.1) is 0 Å². The van der Waals surface area contributed by atoms with E-state index in [1.807, 2.05) is 6.08 Å². The highest BCUT2D eigenvalue weighted by Crippen LogP contribution is 2.30. The average molecular weight is 1500 g/mol. The number of aliphatic hydroxyl groups excluding tert-OH is 8. The van der Waals surface area contributed by atoms with E-state index < -0.39 is 86.8 Å². The summed E-state index contributed by atoms with van der Waals surface area (Å²) in [5.74, 6) is -0.256. The Hall–Kier alpha value is -4.13. The number of unbranched alkanes of at least 4 members (excludes halogenated alkanes) is 37. The summed E-state index contributed by atoms with van der Waals surface area (Å²) in [4.78, 5) is 13.4. The highest BCUT2D eigenvalue weighted by atomic mass is 16.7. The second kappa shape index (κ2) is 74.6. The third-order valence-electron chi connectivity index (χ3n) is 20.3. The fourth-order valence-corrected chi connectivity index (χ4v) is 13.5. The lowest BCUT2D eigenvalue weighted by atomic mass is 9.97. The van der Waals surface area contributed by atoms with Gasteiger partial charge in [0.15, 0.2) is 12.6 Å². The minimum Gasteiger partial charge on any atom is -0.394 e. The molecule has 0 aromatic rings. The predicted octanol–water partition coefficient (Wildman–Crippen LogP) is 21.1. The molecule has 0 bridgehead atoms. The van der Waals surface area contributed by atoms with Crippen molar-refractivity contribution in [2.75, 3.05) is 19.8 Å². The Balaban J connectivity index is 1.61. The van der Waals surface area contributed by atoms with E-state index in [2.05, 4.69) is 153 Å². The summed E-state index contributed by atoms with van der Waals surface area (Å²) >= 11 is 0. The van der Waals surface area contributed by atoms with Gasteiger partial charge in [-0.3, -0.25) is 4.79 Å². The number of nitrogens with one attached hydrogen (secondary N) is 1. The van der Waals surface area contributed by atoms with Gasteiger partial charge in [0.1, 0.15) is 48.8 Å². The number of carbonyl (C=O) groups is 1. The van der Waals surface area contributed by atoms with Crippen LogP contribution in [0.25, 0.3) is 0 Å². The minimum atomic E-state index is -1.80. The lowest BCUT2D eigenvalue weighted by molar-refractivity contribution is -0.359. The summed E-state index contributed by atoms with van der Waals surface area (Å²) in [6.07, 6.45) is 96.6. The average Bonchev–Trinajstić information content (AvgIpc) is 0.789. The van der Waals surface area contributed by atoms with E-state index in [0.717, 1.165) is 103 Å². The summed E-state index contributed by atoms with van der Waals surface area (Å²) in [7, 11) is 0. The van der Waals surface area contributed by atoms with Gasteiger partial charge in [-0.05, 0) is 109 Å². The van der Waals surface area contributed by atoms with Gasteiger partial charge in [0.2, 0.25) is 5.91 Å². The molecule has 2 fully saturated rings. The maximum Gasteiger partial charge on any atom is 0.220 e. The fourth-order valence-electron chi connectivity index (χ4n) is 13.5. The zero-order valence-electron chi connectivity index (χ0n) is 67.6. The highest BCUT2D eigenvalue weighted by Gasteiger charge is 2.51. The Morgan fingerprint density at radius 3 is 1.03 bits per heavy atom. The van der Waals surface area contributed by atoms with Crippen LogP contribution in [0.15, 0.2) is 146 Å². The van der Waals surface area contributed by atoms with E-state index in [0.29, 0.717) is 12.8 Å². The standard InChI is InChI=1S/C93H159NO13/c1-3-5-7-9-11-13-15-17-19-21-23-25-27-29-31-33-35-37-38-39-40-41-42-43-44-45-47-49-51-53-55-57-59-61-63-65-67-69-71-73-75-77-85(98)94-81(80-104-92-90(103)88(101)91(84(79-96)106-92)107-93-89(102)87(100)86(99)83(78-95)105-93)82(97)76-74-72-70-68-66-64-62-60-58-56-54-52-50-48-46-36-34-32-30-28-26-24-22-20-18-16-14-12-10-8-6-4-2/h5,7,11,13,17,19,23,25,29,31,35,37,39-40,42-43,45,47,51,53,66,68,74,76,81-84,86-93,95-97,99-103H,3-4,6,8-10,12,14-16,18,20-22,24,26-28,30,32-34,36,38,41,44,46,48-50,52,54-65,67,69-73,75,77-80H2,1-2H3,(H,94,98)/b7-5-,13-11-,19-17-,25-23-,31-29-,37-35-,40-39-,43-42-,47-45-,53-51-,68-66+,76-74+. The molecule has 12 unspecified atom stereocenters. The van der Waals surface area contributed by atoms with Gasteiger partial charge in [-0.25, -0.2) is 0 Å². The molecule has 0 saturated carbocycles. The van der Waals surface area contributed by atoms with Crippen LogP contribution in [0.5, 0.6) is 0 Å². The number of aliphatic hydroxyl groups is 8. The first-order chi connectivity index (χ1) is 52.6. The van der Waals surface area contributed by atoms with Crippen LogP contribution in [0.4, 0.5) is 0 Å². The fraction of sp³-hybridized carbons (Fsp3) is 0.731. The molecule has 614 valence electrons. The summed E-state index contributed by atoms with van der Waals surface area (Å²) in [6.45, 7) is 2.70. The van der Waals surface area contributed by atoms with Gasteiger partial charge >= 0.3 is 0 Å². The molecule has 2 aliphatic rings. The van der Waals surface area contributed by atoms with Crippen LogP contribution in [-0.2, 0) is 23.7 Å². The molecular formula is C93H159NO13. The van der Waals surface area contributed by atoms with Gasteiger partial charge in [-0.1, -0.05) is 372 Å². The van der Waals surface area contributed by atoms with Crippen LogP contribution in [0.1, 0.15) is 341 Å². The molecule has 1 amide bonds. The molecule has 12 atom stereocenters. The Morgan fingerprint density at radius 1 is 0.346 bits per heavy atom. The highest BCUT2D eigenvalue weighted by molar-refractivity contribution is 5.76. The molecular weight excluding hydrogens is 1340 g/mol. The van der Waals surface area contributed by atoms with Gasteiger partial charge in [0.05, 0.1) is 32.0 Å². The maximum atomic E-state index is 13.4. The Labute approximate surface area is 653 Å². The van der Waals surface area contributed by atoms with E-state index in [1.54, 1.807) is 6.08 Å². The van der Waals surface area contributed by atoms with Crippen molar-refractivity contribution in [2.45, 2.75) is 415 Å². The van der Waals surface area contributed by atoms with E-state index in [4.69, 9.17) is 18.9 Å². The van der Waals surface area contributed by atoms with Gasteiger partial charge in [-0.2, -0.15) is 0 Å². The first kappa shape index (κ1) is 98.9. The van der Waals surface area contributed by atoms with Crippen LogP contribution in [0, 0.1) is 0 Å². The predicted molar refractivity (Wildman–Crippen MR) is 447 cm³/mol. The number of hydrogen-bond donors (Lipinski definition) is 9. The summed E-state index contributed by atoms with van der Waals surface area (Å²) < 4.78 is 22.9. The number of ether oxygens (including phenoxy) is 4. The summed E-state index contributed by atoms with van der Waals surface area (Å²) in [5.41, 5.74) is 0. The van der Waals surface area contributed by atoms with Crippen LogP contribution in [0.3, 0.4) is 0 Å². The Morgan fingerprint density at radius 2 is 0.654 bits per heavy atom. The third-order valence-corrected chi connectivity index (χ3v) is 20.3. The zero-order valence-corrected chi connectivity index (χ0v) is 67.6. The van der Waals surface area contributed by atoms with E-state index in [-0.39, 0.29) is 18.9 Å². The molecule has 2 saturated heterocycles. The number of amides is 1. The molecule has 0 spiro atoms. The van der Waals surface area contributed by atoms with Crippen molar-refractivity contribution >= 4 is 5.91 Å². The lowest BCUT2D eigenvalue weighted by Gasteiger charge is -2.46. The van der Waals surface area contributed by atoms with Crippen LogP contribution in [0.2, 0.25) is 0 Å². The zero-order chi connectivity index (χ0) is 77.2. The molecule has 107 heavy (non-hydrogen) atoms. The molecule has 2 rings (SSSR count). The molecule has 2 heterocycles. The monoisotopic (exact) mass is 1500 g/mol. The molecule has 0 aromatic heterocycles. The lowest BCUT2D eigenvalue weighted by Crippen LogP contribution is -2.65. The van der Waals surface area contributed by atoms with Crippen LogP contribution >= 0.6 is 0 Å². The van der Waals surface area contributed by atoms with E-state index in [1.165, 1.54) is 205 Å². The molecule has 2 aliphatic heterocycles. The third kappa shape index (κ3) is 56.7. The molecule has 14 nitrogen and oxygen atoms in total. The number of allylic oxidation sites excluding steroid dienone is 23. The normalized spacial score (nSPS) is 22.0. The van der Waals surface area contributed by atoms with Crippen molar-refractivity contribution in [3.63, 3.8) is 0 Å². The maximum absolute atomic E-state index is 13.4. The van der Waals surface area contributed by atoms with Crippen molar-refractivity contribution in [1.82, 2.24) is 5.32 Å². The van der Waals surface area contributed by atoms with Crippen molar-refractivity contribution < 1.29 is 64.6 Å². The summed E-state index contributed by atoms with van der Waals surface area (Å²) in [5, 5.41) is 87.8. The first-order valence-electron chi connectivity index (χ1n) is 43.6. The Kier molecular flexibility index (Phi) is 69.0. The largest absolute Gasteiger partial charge is 0.394 e. The van der Waals surface area contributed by atoms with Crippen LogP contribution in [-0.4, -0.2) is 140 Å². The van der Waals surface area contributed by atoms with Crippen LogP contribution < -0.4 is 5.32 Å². The van der Waals surface area contributed by atoms with E-state index >= 15 is 0 Å². The molecule has 0 aromatic carbocycles. The number of carbonyl (C=O) groups excluding carboxylic acids is 1. The SMILES string of the molecule is CC/C=C\C/C=C\C/C=C\C/C=C\C/C=C\C/C=C\C/C=C\C/C=C\C/C=C\C/C=C\CCCCCCCCCCCCC(=O)NC(COC1OC(CO)C(OC2OC(CO)C(O)C(O)C2O)C(O)C1O)C(O)/C=C/CC/C=C/CCCCCCCCCCCCCCCCCCCCCCCCCCCC. The van der Waals surface area contributed by atoms with E-state index in [9.17, 15) is 45.6 Å². The van der Waals surface area contributed by atoms with Crippen molar-refractivity contribution in [2.24, 2.45) is 0 Å². The van der Waals surface area contributed by atoms with Gasteiger partial charge < -0.3 is 65.1 Å². The van der Waals surface area contributed by atoms with Gasteiger partial charge in [0.25, 0.3) is 0 Å². The second-order valence-corrected chi connectivity index (χ2v) is 29.9. The Bertz CT molecular complexity index is 2370. The van der Waals surface area contributed by atoms with Crippen molar-refractivity contribution in [1.29, 1.82) is 0 Å². The molecule has 14 heteroatoms. The smallest absolute Gasteiger partial charge is 0.220 e. The molecule has 9 N–H and O–H groups in total. The van der Waals surface area contributed by atoms with Gasteiger partial charge in [0, 0.05) is 6.42 Å². The summed E-state index contributed by atoms with van der Waals surface area (Å²) in [6, 6.07) is -0.946. The number of hydrogen-bond acceptors (Lipinski definition) is 13. The van der Waals surface area contributed by atoms with Crippen molar-refractivity contribution in [3.8, 4) is 0 Å². The molecule has 0 radical (unpaired) electrons. The topological polar surface area (TPSA) is 228 Å². The first-order valence-corrected chi connectivity index (χ1v) is 43.6. The molecule has 0 aliphatic carbocycles. The number of rotatable bonds is 72. The minimum absolute atomic E-state index is 0.256. The quantitative estimate of drug-likeness (QED) is 0.0204. The second-order valence-electron chi connectivity index (χ2n) is 29.9. The van der Waals surface area contributed by atoms with Crippen molar-refractivity contribution in [3.05, 3.63) is 146 Å².